The van der Waals surface area contributed by atoms with Gasteiger partial charge in [0.1, 0.15) is 12.1 Å². The second kappa shape index (κ2) is 10.2. The van der Waals surface area contributed by atoms with Crippen LogP contribution in [0.25, 0.3) is 22.5 Å². The van der Waals surface area contributed by atoms with E-state index >= 15 is 0 Å². The second-order valence-electron chi connectivity index (χ2n) is 11.4. The minimum absolute atomic E-state index is 0.0259. The molecule has 3 aliphatic rings. The molecule has 7 rings (SSSR count). The van der Waals surface area contributed by atoms with Crippen molar-refractivity contribution in [2.45, 2.75) is 44.8 Å². The maximum atomic E-state index is 13.8. The molecule has 206 valence electrons. The molecule has 2 fully saturated rings. The number of pyridine rings is 1. The van der Waals surface area contributed by atoms with Gasteiger partial charge in [-0.05, 0) is 72.4 Å². The monoisotopic (exact) mass is 545 g/mol. The summed E-state index contributed by atoms with van der Waals surface area (Å²) in [5.74, 6) is 2.24. The number of hydrogen-bond donors (Lipinski definition) is 1. The summed E-state index contributed by atoms with van der Waals surface area (Å²) >= 11 is 0. The van der Waals surface area contributed by atoms with Gasteiger partial charge in [-0.15, -0.1) is 10.2 Å². The number of nitriles is 1. The molecule has 1 aliphatic carbocycles. The first-order valence-electron chi connectivity index (χ1n) is 14.1. The zero-order valence-electron chi connectivity index (χ0n) is 23.2. The van der Waals surface area contributed by atoms with E-state index in [9.17, 15) is 10.1 Å². The number of nitrogens with zero attached hydrogens (tertiary/aromatic N) is 6. The summed E-state index contributed by atoms with van der Waals surface area (Å²) in [6.45, 7) is 5.00. The number of benzene rings is 2. The van der Waals surface area contributed by atoms with E-state index in [1.807, 2.05) is 41.9 Å². The van der Waals surface area contributed by atoms with E-state index in [2.05, 4.69) is 46.7 Å². The van der Waals surface area contributed by atoms with Crippen LogP contribution in [0.1, 0.15) is 58.4 Å². The summed E-state index contributed by atoms with van der Waals surface area (Å²) in [6.07, 6.45) is 3.84. The normalized spacial score (nSPS) is 17.3. The fourth-order valence-electron chi connectivity index (χ4n) is 5.63. The van der Waals surface area contributed by atoms with E-state index in [-0.39, 0.29) is 5.91 Å². The Hall–Kier alpha value is -4.39. The predicted octanol–water partition coefficient (Wildman–Crippen LogP) is 4.58. The zero-order valence-corrected chi connectivity index (χ0v) is 23.2. The Balaban J connectivity index is 1.22. The number of hydrogen-bond acceptors (Lipinski definition) is 7. The Morgan fingerprint density at radius 1 is 1.10 bits per heavy atom. The van der Waals surface area contributed by atoms with Gasteiger partial charge in [0.25, 0.3) is 5.91 Å². The van der Waals surface area contributed by atoms with E-state index < -0.39 is 0 Å². The van der Waals surface area contributed by atoms with Gasteiger partial charge in [-0.25, -0.2) is 4.98 Å². The number of aryl methyl sites for hydroxylation is 1. The maximum absolute atomic E-state index is 13.8. The van der Waals surface area contributed by atoms with Gasteiger partial charge >= 0.3 is 0 Å². The topological polar surface area (TPSA) is 109 Å². The van der Waals surface area contributed by atoms with Gasteiger partial charge in [-0.1, -0.05) is 18.2 Å². The quantitative estimate of drug-likeness (QED) is 0.345. The summed E-state index contributed by atoms with van der Waals surface area (Å²) in [5, 5.41) is 21.5. The van der Waals surface area contributed by atoms with Crippen LogP contribution in [0.4, 0.5) is 5.82 Å². The summed E-state index contributed by atoms with van der Waals surface area (Å²) in [6, 6.07) is 18.5. The third kappa shape index (κ3) is 4.79. The van der Waals surface area contributed by atoms with Gasteiger partial charge in [0.05, 0.1) is 31.4 Å². The number of nitrogens with one attached hydrogen (secondary N) is 1. The van der Waals surface area contributed by atoms with E-state index in [1.54, 1.807) is 11.2 Å². The van der Waals surface area contributed by atoms with Gasteiger partial charge in [0.2, 0.25) is 0 Å². The lowest BCUT2D eigenvalue weighted by Gasteiger charge is -2.32. The van der Waals surface area contributed by atoms with Crippen molar-refractivity contribution in [1.82, 2.24) is 25.1 Å². The average Bonchev–Trinajstić information content (AvgIpc) is 3.65. The fraction of sp³-hybridized carbons (Fsp3) is 0.344. The second-order valence-corrected chi connectivity index (χ2v) is 11.4. The lowest BCUT2D eigenvalue weighted by atomic mass is 9.96. The molecule has 41 heavy (non-hydrogen) atoms. The van der Waals surface area contributed by atoms with Crippen LogP contribution in [0.2, 0.25) is 0 Å². The number of aromatic nitrogens is 4. The van der Waals surface area contributed by atoms with E-state index in [1.165, 1.54) is 0 Å². The van der Waals surface area contributed by atoms with Crippen molar-refractivity contribution in [2.24, 2.45) is 13.0 Å². The highest BCUT2D eigenvalue weighted by Crippen LogP contribution is 2.43. The molecule has 2 aromatic carbocycles. The molecule has 4 heterocycles. The molecular weight excluding hydrogens is 514 g/mol. The van der Waals surface area contributed by atoms with Gasteiger partial charge in [-0.2, -0.15) is 5.26 Å². The van der Waals surface area contributed by atoms with Crippen LogP contribution >= 0.6 is 0 Å². The first kappa shape index (κ1) is 25.6. The van der Waals surface area contributed by atoms with E-state index in [4.69, 9.17) is 9.72 Å². The lowest BCUT2D eigenvalue weighted by Crippen LogP contribution is -2.43. The average molecular weight is 546 g/mol. The number of ether oxygens (including phenoxy) is 1. The summed E-state index contributed by atoms with van der Waals surface area (Å²) < 4.78 is 7.17. The molecule has 9 heteroatoms. The molecule has 1 atom stereocenters. The number of carbonyl (C=O) groups is 1. The summed E-state index contributed by atoms with van der Waals surface area (Å²) in [7, 11) is 1.89. The number of carbonyl (C=O) groups excluding carboxylic acids is 1. The van der Waals surface area contributed by atoms with Crippen LogP contribution in [-0.4, -0.2) is 44.9 Å². The van der Waals surface area contributed by atoms with Crippen LogP contribution < -0.4 is 10.2 Å². The first-order chi connectivity index (χ1) is 20.0. The van der Waals surface area contributed by atoms with Crippen LogP contribution in [0, 0.1) is 17.2 Å². The van der Waals surface area contributed by atoms with Crippen LogP contribution in [0.5, 0.6) is 0 Å². The molecule has 2 aliphatic heterocycles. The van der Waals surface area contributed by atoms with Crippen molar-refractivity contribution < 1.29 is 9.53 Å². The molecule has 1 amide bonds. The van der Waals surface area contributed by atoms with Gasteiger partial charge < -0.3 is 14.6 Å². The summed E-state index contributed by atoms with van der Waals surface area (Å²) in [4.78, 5) is 20.6. The molecule has 9 nitrogen and oxygen atoms in total. The van der Waals surface area contributed by atoms with Gasteiger partial charge in [0, 0.05) is 48.3 Å². The van der Waals surface area contributed by atoms with Crippen molar-refractivity contribution in [3.8, 4) is 28.6 Å². The molecule has 2 aromatic heterocycles. The Morgan fingerprint density at radius 3 is 2.66 bits per heavy atom. The van der Waals surface area contributed by atoms with Crippen molar-refractivity contribution in [3.63, 3.8) is 0 Å². The Morgan fingerprint density at radius 2 is 1.95 bits per heavy atom. The summed E-state index contributed by atoms with van der Waals surface area (Å²) in [5.41, 5.74) is 7.08. The number of amides is 1. The molecule has 4 aromatic rings. The van der Waals surface area contributed by atoms with E-state index in [0.717, 1.165) is 65.1 Å². The Kier molecular flexibility index (Phi) is 6.37. The standard InChI is InChI=1S/C32H31N7O2/c1-19(25-16-41-17-25)34-14-21-3-5-23-15-39(32(40)27(23)10-21)30-12-24(11-29(36-30)22-6-7-22)26-8-4-20(13-33)9-28(26)31-37-35-18-38(31)2/h3-5,8-12,18-19,22,25,34H,6-7,14-17H2,1-2H3/t19-/m0/s1. The minimum Gasteiger partial charge on any atom is -0.381 e. The highest BCUT2D eigenvalue weighted by atomic mass is 16.5. The largest absolute Gasteiger partial charge is 0.381 e. The van der Waals surface area contributed by atoms with Crippen molar-refractivity contribution >= 4 is 11.7 Å². The van der Waals surface area contributed by atoms with Crippen LogP contribution in [0.15, 0.2) is 54.9 Å². The number of anilines is 1. The molecule has 0 radical (unpaired) electrons. The number of fused-ring (bicyclic) bond motifs is 1. The first-order valence-corrected chi connectivity index (χ1v) is 14.1. The SMILES string of the molecule is C[C@H](NCc1ccc2c(c1)C(=O)N(c1cc(-c3ccc(C#N)cc3-c3nncn3C)cc(C3CC3)n1)C2)C1COC1. The predicted molar refractivity (Wildman–Crippen MR) is 154 cm³/mol. The smallest absolute Gasteiger partial charge is 0.260 e. The van der Waals surface area contributed by atoms with Gasteiger partial charge in [0.15, 0.2) is 5.82 Å². The molecule has 0 unspecified atom stereocenters. The third-order valence-corrected chi connectivity index (χ3v) is 8.49. The lowest BCUT2D eigenvalue weighted by molar-refractivity contribution is -0.0468. The molecule has 1 saturated carbocycles. The minimum atomic E-state index is -0.0259. The zero-order chi connectivity index (χ0) is 28.1. The van der Waals surface area contributed by atoms with E-state index in [0.29, 0.717) is 48.2 Å². The highest BCUT2D eigenvalue weighted by Gasteiger charge is 2.33. The highest BCUT2D eigenvalue weighted by molar-refractivity contribution is 6.10. The van der Waals surface area contributed by atoms with Crippen molar-refractivity contribution in [3.05, 3.63) is 82.8 Å². The Bertz CT molecular complexity index is 1700. The van der Waals surface area contributed by atoms with Crippen LogP contribution in [-0.2, 0) is 24.9 Å². The fourth-order valence-corrected chi connectivity index (χ4v) is 5.63. The van der Waals surface area contributed by atoms with Crippen molar-refractivity contribution in [1.29, 1.82) is 5.26 Å². The molecule has 0 spiro atoms. The molecule has 0 bridgehead atoms. The Labute approximate surface area is 238 Å². The maximum Gasteiger partial charge on any atom is 0.260 e. The molecule has 1 N–H and O–H groups in total. The molecular formula is C32H31N7O2. The third-order valence-electron chi connectivity index (χ3n) is 8.49. The van der Waals surface area contributed by atoms with Crippen LogP contribution in [0.3, 0.4) is 0 Å². The van der Waals surface area contributed by atoms with Gasteiger partial charge in [-0.3, -0.25) is 9.69 Å². The number of rotatable bonds is 8. The van der Waals surface area contributed by atoms with Crippen molar-refractivity contribution in [2.75, 3.05) is 18.1 Å². The molecule has 1 saturated heterocycles.